The minimum absolute atomic E-state index is 0.0799. The number of furan rings is 1. The standard InChI is InChI=1S/C18H19NO3S/c1-12-6-7-23-17(12)10-19(2)18(20)8-13-11-22-16-9-14(21-3)4-5-15(13)16/h4-7,9,11H,8,10H2,1-3H3. The summed E-state index contributed by atoms with van der Waals surface area (Å²) in [5.74, 6) is 0.825. The van der Waals surface area contributed by atoms with E-state index in [1.165, 1.54) is 10.4 Å². The van der Waals surface area contributed by atoms with Crippen molar-refractivity contribution >= 4 is 28.2 Å². The Balaban J connectivity index is 1.73. The highest BCUT2D eigenvalue weighted by atomic mass is 32.1. The zero-order chi connectivity index (χ0) is 16.4. The fourth-order valence-corrected chi connectivity index (χ4v) is 3.45. The van der Waals surface area contributed by atoms with E-state index >= 15 is 0 Å². The van der Waals surface area contributed by atoms with Gasteiger partial charge < -0.3 is 14.1 Å². The smallest absolute Gasteiger partial charge is 0.227 e. The van der Waals surface area contributed by atoms with Crippen LogP contribution < -0.4 is 4.74 Å². The molecule has 0 aliphatic heterocycles. The van der Waals surface area contributed by atoms with E-state index in [0.29, 0.717) is 13.0 Å². The molecule has 120 valence electrons. The largest absolute Gasteiger partial charge is 0.497 e. The monoisotopic (exact) mass is 329 g/mol. The first-order valence-corrected chi connectivity index (χ1v) is 8.27. The summed E-state index contributed by atoms with van der Waals surface area (Å²) < 4.78 is 10.7. The number of amides is 1. The normalized spacial score (nSPS) is 10.9. The second kappa shape index (κ2) is 6.46. The van der Waals surface area contributed by atoms with E-state index in [0.717, 1.165) is 22.3 Å². The summed E-state index contributed by atoms with van der Waals surface area (Å²) >= 11 is 1.68. The number of hydrogen-bond acceptors (Lipinski definition) is 4. The number of carbonyl (C=O) groups is 1. The Labute approximate surface area is 139 Å². The van der Waals surface area contributed by atoms with E-state index < -0.39 is 0 Å². The average molecular weight is 329 g/mol. The molecule has 0 atom stereocenters. The van der Waals surface area contributed by atoms with Gasteiger partial charge in [0, 0.05) is 28.9 Å². The minimum Gasteiger partial charge on any atom is -0.497 e. The summed E-state index contributed by atoms with van der Waals surface area (Å²) in [5.41, 5.74) is 2.88. The Morgan fingerprint density at radius 1 is 1.35 bits per heavy atom. The van der Waals surface area contributed by atoms with Gasteiger partial charge in [0.1, 0.15) is 11.3 Å². The van der Waals surface area contributed by atoms with Crippen LogP contribution in [0.25, 0.3) is 11.0 Å². The molecule has 0 bridgehead atoms. The molecule has 0 aliphatic carbocycles. The van der Waals surface area contributed by atoms with Crippen molar-refractivity contribution in [2.24, 2.45) is 0 Å². The summed E-state index contributed by atoms with van der Waals surface area (Å²) in [7, 11) is 3.46. The highest BCUT2D eigenvalue weighted by Crippen LogP contribution is 2.26. The van der Waals surface area contributed by atoms with E-state index in [2.05, 4.69) is 18.4 Å². The third kappa shape index (κ3) is 3.24. The number of carbonyl (C=O) groups excluding carboxylic acids is 1. The second-order valence-electron chi connectivity index (χ2n) is 5.58. The summed E-state index contributed by atoms with van der Waals surface area (Å²) in [4.78, 5) is 15.5. The van der Waals surface area contributed by atoms with Gasteiger partial charge in [0.15, 0.2) is 0 Å². The van der Waals surface area contributed by atoms with E-state index in [4.69, 9.17) is 9.15 Å². The zero-order valence-electron chi connectivity index (χ0n) is 13.5. The molecule has 3 rings (SSSR count). The third-order valence-electron chi connectivity index (χ3n) is 3.98. The first-order valence-electron chi connectivity index (χ1n) is 7.39. The van der Waals surface area contributed by atoms with Crippen molar-refractivity contribution < 1.29 is 13.9 Å². The molecule has 2 aromatic heterocycles. The van der Waals surface area contributed by atoms with Crippen LogP contribution in [0.1, 0.15) is 16.0 Å². The lowest BCUT2D eigenvalue weighted by Gasteiger charge is -2.16. The molecule has 0 N–H and O–H groups in total. The van der Waals surface area contributed by atoms with E-state index in [-0.39, 0.29) is 5.91 Å². The van der Waals surface area contributed by atoms with Gasteiger partial charge in [-0.3, -0.25) is 4.79 Å². The van der Waals surface area contributed by atoms with Crippen LogP contribution in [-0.2, 0) is 17.8 Å². The molecule has 4 nitrogen and oxygen atoms in total. The maximum absolute atomic E-state index is 12.5. The predicted molar refractivity (Wildman–Crippen MR) is 92.0 cm³/mol. The van der Waals surface area contributed by atoms with Crippen molar-refractivity contribution in [3.63, 3.8) is 0 Å². The Morgan fingerprint density at radius 2 is 2.17 bits per heavy atom. The lowest BCUT2D eigenvalue weighted by Crippen LogP contribution is -2.27. The van der Waals surface area contributed by atoms with Crippen molar-refractivity contribution in [1.82, 2.24) is 4.90 Å². The Kier molecular flexibility index (Phi) is 4.39. The topological polar surface area (TPSA) is 42.7 Å². The molecule has 3 aromatic rings. The number of likely N-dealkylation sites (N-methyl/N-ethyl adjacent to an activating group) is 1. The molecule has 1 aromatic carbocycles. The molecule has 0 aliphatic rings. The number of benzene rings is 1. The van der Waals surface area contributed by atoms with E-state index in [9.17, 15) is 4.79 Å². The summed E-state index contributed by atoms with van der Waals surface area (Å²) in [6.07, 6.45) is 1.99. The number of aryl methyl sites for hydroxylation is 1. The zero-order valence-corrected chi connectivity index (χ0v) is 14.3. The minimum atomic E-state index is 0.0799. The number of thiophene rings is 1. The first-order chi connectivity index (χ1) is 11.1. The maximum atomic E-state index is 12.5. The molecular formula is C18H19NO3S. The fourth-order valence-electron chi connectivity index (χ4n) is 2.49. The lowest BCUT2D eigenvalue weighted by atomic mass is 10.1. The average Bonchev–Trinajstić information content (AvgIpc) is 3.13. The molecule has 0 spiro atoms. The highest BCUT2D eigenvalue weighted by Gasteiger charge is 2.15. The number of nitrogens with zero attached hydrogens (tertiary/aromatic N) is 1. The Bertz CT molecular complexity index is 834. The van der Waals surface area contributed by atoms with Gasteiger partial charge in [-0.05, 0) is 36.1 Å². The van der Waals surface area contributed by atoms with Gasteiger partial charge in [0.25, 0.3) is 0 Å². The fraction of sp³-hybridized carbons (Fsp3) is 0.278. The van der Waals surface area contributed by atoms with Gasteiger partial charge in [-0.25, -0.2) is 0 Å². The number of rotatable bonds is 5. The summed E-state index contributed by atoms with van der Waals surface area (Å²) in [5, 5.41) is 3.01. The van der Waals surface area contributed by atoms with Crippen LogP contribution in [0.5, 0.6) is 5.75 Å². The van der Waals surface area contributed by atoms with Gasteiger partial charge in [0.2, 0.25) is 5.91 Å². The maximum Gasteiger partial charge on any atom is 0.227 e. The first kappa shape index (κ1) is 15.6. The third-order valence-corrected chi connectivity index (χ3v) is 4.99. The van der Waals surface area contributed by atoms with Crippen molar-refractivity contribution in [2.45, 2.75) is 19.9 Å². The molecule has 5 heteroatoms. The number of methoxy groups -OCH3 is 1. The van der Waals surface area contributed by atoms with Gasteiger partial charge in [-0.2, -0.15) is 0 Å². The molecule has 2 heterocycles. The van der Waals surface area contributed by atoms with Gasteiger partial charge in [-0.15, -0.1) is 11.3 Å². The van der Waals surface area contributed by atoms with Crippen LogP contribution in [0.4, 0.5) is 0 Å². The van der Waals surface area contributed by atoms with Crippen molar-refractivity contribution in [3.8, 4) is 5.75 Å². The van der Waals surface area contributed by atoms with Crippen LogP contribution in [0.2, 0.25) is 0 Å². The molecule has 0 saturated carbocycles. The summed E-state index contributed by atoms with van der Waals surface area (Å²) in [6, 6.07) is 7.73. The molecule has 0 unspecified atom stereocenters. The Hall–Kier alpha value is -2.27. The molecule has 0 radical (unpaired) electrons. The quantitative estimate of drug-likeness (QED) is 0.710. The van der Waals surface area contributed by atoms with Crippen molar-refractivity contribution in [3.05, 3.63) is 51.9 Å². The van der Waals surface area contributed by atoms with E-state index in [1.807, 2.05) is 25.2 Å². The molecular weight excluding hydrogens is 310 g/mol. The van der Waals surface area contributed by atoms with Crippen LogP contribution in [-0.4, -0.2) is 25.0 Å². The Morgan fingerprint density at radius 3 is 2.87 bits per heavy atom. The number of hydrogen-bond donors (Lipinski definition) is 0. The molecule has 23 heavy (non-hydrogen) atoms. The SMILES string of the molecule is COc1ccc2c(CC(=O)N(C)Cc3sccc3C)coc2c1. The van der Waals surface area contributed by atoms with Crippen LogP contribution in [0.3, 0.4) is 0 Å². The summed E-state index contributed by atoms with van der Waals surface area (Å²) in [6.45, 7) is 2.72. The number of ether oxygens (including phenoxy) is 1. The van der Waals surface area contributed by atoms with Crippen molar-refractivity contribution in [2.75, 3.05) is 14.2 Å². The van der Waals surface area contributed by atoms with Gasteiger partial charge >= 0.3 is 0 Å². The van der Waals surface area contributed by atoms with Crippen LogP contribution >= 0.6 is 11.3 Å². The highest BCUT2D eigenvalue weighted by molar-refractivity contribution is 7.10. The van der Waals surface area contributed by atoms with Crippen LogP contribution in [0.15, 0.2) is 40.3 Å². The molecule has 0 saturated heterocycles. The lowest BCUT2D eigenvalue weighted by molar-refractivity contribution is -0.129. The molecule has 0 fully saturated rings. The van der Waals surface area contributed by atoms with Crippen LogP contribution in [0, 0.1) is 6.92 Å². The van der Waals surface area contributed by atoms with Crippen molar-refractivity contribution in [1.29, 1.82) is 0 Å². The van der Waals surface area contributed by atoms with Gasteiger partial charge in [-0.1, -0.05) is 0 Å². The van der Waals surface area contributed by atoms with Gasteiger partial charge in [0.05, 0.1) is 26.3 Å². The molecule has 1 amide bonds. The second-order valence-corrected chi connectivity index (χ2v) is 6.58. The predicted octanol–water partition coefficient (Wildman–Crippen LogP) is 4.01. The number of fused-ring (bicyclic) bond motifs is 1. The van der Waals surface area contributed by atoms with E-state index in [1.54, 1.807) is 29.6 Å².